The summed E-state index contributed by atoms with van der Waals surface area (Å²) in [6.07, 6.45) is 3.29. The number of rotatable bonds is 9. The molecule has 0 aromatic carbocycles. The molecule has 0 aliphatic heterocycles. The predicted molar refractivity (Wildman–Crippen MR) is 70.1 cm³/mol. The third-order valence-corrected chi connectivity index (χ3v) is 2.69. The number of carbonyl (C=O) groups excluding carboxylic acids is 3. The number of unbranched alkanes of at least 4 members (excludes halogenated alkanes) is 2. The highest BCUT2D eigenvalue weighted by Gasteiger charge is 2.10. The average Bonchev–Trinajstić information content (AvgIpc) is 2.29. The largest absolute Gasteiger partial charge is 0.355 e. The van der Waals surface area contributed by atoms with E-state index in [1.165, 1.54) is 11.8 Å². The van der Waals surface area contributed by atoms with E-state index in [-0.39, 0.29) is 24.1 Å². The Labute approximate surface area is 109 Å². The molecule has 2 amide bonds. The second-order valence-electron chi connectivity index (χ2n) is 4.40. The highest BCUT2D eigenvalue weighted by atomic mass is 16.2. The smallest absolute Gasteiger partial charge is 0.239 e. The molecule has 1 N–H and O–H groups in total. The topological polar surface area (TPSA) is 66.5 Å². The summed E-state index contributed by atoms with van der Waals surface area (Å²) in [6, 6.07) is 0. The molecule has 0 spiro atoms. The number of nitrogens with one attached hydrogen (secondary N) is 1. The molecule has 0 fully saturated rings. The van der Waals surface area contributed by atoms with Crippen LogP contribution in [-0.2, 0) is 14.4 Å². The molecule has 0 aliphatic carbocycles. The van der Waals surface area contributed by atoms with Crippen LogP contribution >= 0.6 is 0 Å². The summed E-state index contributed by atoms with van der Waals surface area (Å²) in [6.45, 7) is 6.16. The van der Waals surface area contributed by atoms with E-state index in [4.69, 9.17) is 0 Å². The van der Waals surface area contributed by atoms with E-state index in [0.29, 0.717) is 19.5 Å². The highest BCUT2D eigenvalue weighted by molar-refractivity contribution is 5.83. The maximum Gasteiger partial charge on any atom is 0.239 e. The Morgan fingerprint density at radius 2 is 1.72 bits per heavy atom. The lowest BCUT2D eigenvalue weighted by Crippen LogP contribution is -2.39. The van der Waals surface area contributed by atoms with Gasteiger partial charge in [-0.2, -0.15) is 0 Å². The normalized spacial score (nSPS) is 9.94. The third kappa shape index (κ3) is 8.73. The summed E-state index contributed by atoms with van der Waals surface area (Å²) in [4.78, 5) is 34.8. The number of nitrogens with zero attached hydrogens (tertiary/aromatic N) is 1. The standard InChI is InChI=1S/C13H24N2O3/c1-4-15(12(3)17)10-13(18)14-9-7-5-6-8-11(2)16/h4-10H2,1-3H3,(H,14,18). The van der Waals surface area contributed by atoms with Crippen molar-refractivity contribution in [2.45, 2.75) is 46.5 Å². The van der Waals surface area contributed by atoms with E-state index in [0.717, 1.165) is 19.3 Å². The molecule has 0 atom stereocenters. The first-order valence-corrected chi connectivity index (χ1v) is 6.49. The summed E-state index contributed by atoms with van der Waals surface area (Å²) in [5.74, 6) is -0.00759. The molecule has 0 aliphatic rings. The van der Waals surface area contributed by atoms with Crippen LogP contribution in [0, 0.1) is 0 Å². The predicted octanol–water partition coefficient (Wildman–Crippen LogP) is 1.12. The van der Waals surface area contributed by atoms with Gasteiger partial charge in [0.2, 0.25) is 11.8 Å². The first-order chi connectivity index (χ1) is 8.47. The fourth-order valence-corrected chi connectivity index (χ4v) is 1.58. The van der Waals surface area contributed by atoms with Gasteiger partial charge in [0, 0.05) is 26.4 Å². The van der Waals surface area contributed by atoms with E-state index in [9.17, 15) is 14.4 Å². The fourth-order valence-electron chi connectivity index (χ4n) is 1.58. The maximum atomic E-state index is 11.5. The van der Waals surface area contributed by atoms with Crippen molar-refractivity contribution in [3.05, 3.63) is 0 Å². The Morgan fingerprint density at radius 3 is 2.22 bits per heavy atom. The molecule has 0 bridgehead atoms. The van der Waals surface area contributed by atoms with Gasteiger partial charge in [0.05, 0.1) is 6.54 Å². The number of likely N-dealkylation sites (N-methyl/N-ethyl adjacent to an activating group) is 1. The van der Waals surface area contributed by atoms with Crippen LogP contribution in [0.15, 0.2) is 0 Å². The lowest BCUT2D eigenvalue weighted by atomic mass is 10.1. The summed E-state index contributed by atoms with van der Waals surface area (Å²) in [7, 11) is 0. The summed E-state index contributed by atoms with van der Waals surface area (Å²) in [5.41, 5.74) is 0. The number of hydrogen-bond acceptors (Lipinski definition) is 3. The molecular weight excluding hydrogens is 232 g/mol. The minimum absolute atomic E-state index is 0.0888. The molecule has 5 nitrogen and oxygen atoms in total. The minimum Gasteiger partial charge on any atom is -0.355 e. The molecule has 0 aromatic heterocycles. The molecule has 0 rings (SSSR count). The van der Waals surface area contributed by atoms with Gasteiger partial charge in [-0.15, -0.1) is 0 Å². The van der Waals surface area contributed by atoms with Gasteiger partial charge in [0.25, 0.3) is 0 Å². The number of amides is 2. The van der Waals surface area contributed by atoms with Crippen molar-refractivity contribution in [1.82, 2.24) is 10.2 Å². The van der Waals surface area contributed by atoms with Crippen LogP contribution in [0.5, 0.6) is 0 Å². The van der Waals surface area contributed by atoms with E-state index in [1.807, 2.05) is 6.92 Å². The van der Waals surface area contributed by atoms with Gasteiger partial charge in [0.15, 0.2) is 0 Å². The Morgan fingerprint density at radius 1 is 1.06 bits per heavy atom. The van der Waals surface area contributed by atoms with Crippen LogP contribution in [0.25, 0.3) is 0 Å². The van der Waals surface area contributed by atoms with Crippen LogP contribution in [0.2, 0.25) is 0 Å². The van der Waals surface area contributed by atoms with Crippen LogP contribution in [-0.4, -0.2) is 42.1 Å². The Hall–Kier alpha value is -1.39. The second-order valence-corrected chi connectivity index (χ2v) is 4.40. The van der Waals surface area contributed by atoms with Gasteiger partial charge in [-0.25, -0.2) is 0 Å². The fraction of sp³-hybridized carbons (Fsp3) is 0.769. The van der Waals surface area contributed by atoms with Crippen molar-refractivity contribution in [2.24, 2.45) is 0 Å². The zero-order chi connectivity index (χ0) is 14.0. The van der Waals surface area contributed by atoms with Gasteiger partial charge >= 0.3 is 0 Å². The average molecular weight is 256 g/mol. The van der Waals surface area contributed by atoms with E-state index in [1.54, 1.807) is 6.92 Å². The van der Waals surface area contributed by atoms with Gasteiger partial charge in [-0.05, 0) is 26.7 Å². The molecule has 0 aromatic rings. The lowest BCUT2D eigenvalue weighted by molar-refractivity contribution is -0.134. The number of carbonyl (C=O) groups is 3. The van der Waals surface area contributed by atoms with Crippen molar-refractivity contribution in [1.29, 1.82) is 0 Å². The lowest BCUT2D eigenvalue weighted by Gasteiger charge is -2.18. The van der Waals surface area contributed by atoms with Crippen molar-refractivity contribution < 1.29 is 14.4 Å². The number of Topliss-reactive ketones (excluding diaryl/α,β-unsaturated/α-hetero) is 1. The van der Waals surface area contributed by atoms with E-state index in [2.05, 4.69) is 5.32 Å². The number of hydrogen-bond donors (Lipinski definition) is 1. The quantitative estimate of drug-likeness (QED) is 0.629. The van der Waals surface area contributed by atoms with Crippen LogP contribution in [0.1, 0.15) is 46.5 Å². The molecule has 0 saturated heterocycles. The second kappa shape index (κ2) is 9.62. The maximum absolute atomic E-state index is 11.5. The van der Waals surface area contributed by atoms with Gasteiger partial charge in [0.1, 0.15) is 5.78 Å². The Bertz CT molecular complexity index is 290. The molecule has 5 heteroatoms. The molecule has 18 heavy (non-hydrogen) atoms. The zero-order valence-electron chi connectivity index (χ0n) is 11.6. The van der Waals surface area contributed by atoms with Gasteiger partial charge < -0.3 is 15.0 Å². The summed E-state index contributed by atoms with van der Waals surface area (Å²) in [5, 5.41) is 2.77. The molecule has 0 heterocycles. The Balaban J connectivity index is 3.59. The van der Waals surface area contributed by atoms with Crippen molar-refractivity contribution in [2.75, 3.05) is 19.6 Å². The molecule has 0 radical (unpaired) electrons. The third-order valence-electron chi connectivity index (χ3n) is 2.69. The summed E-state index contributed by atoms with van der Waals surface area (Å²) >= 11 is 0. The minimum atomic E-state index is -0.126. The van der Waals surface area contributed by atoms with Crippen molar-refractivity contribution >= 4 is 17.6 Å². The monoisotopic (exact) mass is 256 g/mol. The SMILES string of the molecule is CCN(CC(=O)NCCCCCC(C)=O)C(C)=O. The van der Waals surface area contributed by atoms with Gasteiger partial charge in [-0.3, -0.25) is 9.59 Å². The first kappa shape index (κ1) is 16.6. The molecule has 104 valence electrons. The molecule has 0 saturated carbocycles. The molecule has 0 unspecified atom stereocenters. The van der Waals surface area contributed by atoms with E-state index < -0.39 is 0 Å². The zero-order valence-corrected chi connectivity index (χ0v) is 11.6. The first-order valence-electron chi connectivity index (χ1n) is 6.49. The van der Waals surface area contributed by atoms with Gasteiger partial charge in [-0.1, -0.05) is 6.42 Å². The number of ketones is 1. The van der Waals surface area contributed by atoms with Crippen LogP contribution < -0.4 is 5.32 Å². The highest BCUT2D eigenvalue weighted by Crippen LogP contribution is 1.99. The van der Waals surface area contributed by atoms with Crippen molar-refractivity contribution in [3.63, 3.8) is 0 Å². The Kier molecular flexibility index (Phi) is 8.88. The molecular formula is C13H24N2O3. The van der Waals surface area contributed by atoms with Crippen LogP contribution in [0.3, 0.4) is 0 Å². The van der Waals surface area contributed by atoms with E-state index >= 15 is 0 Å². The van der Waals surface area contributed by atoms with Crippen molar-refractivity contribution in [3.8, 4) is 0 Å². The van der Waals surface area contributed by atoms with Crippen LogP contribution in [0.4, 0.5) is 0 Å². The summed E-state index contributed by atoms with van der Waals surface area (Å²) < 4.78 is 0.